The van der Waals surface area contributed by atoms with Gasteiger partial charge in [0.2, 0.25) is 10.6 Å². The van der Waals surface area contributed by atoms with Crippen molar-refractivity contribution in [1.82, 2.24) is 39.5 Å². The first kappa shape index (κ1) is 68.9. The number of aromatic nitrogens is 8. The molecule has 0 amide bonds. The molecule has 0 aliphatic heterocycles. The van der Waals surface area contributed by atoms with Gasteiger partial charge >= 0.3 is 159 Å². The van der Waals surface area contributed by atoms with Gasteiger partial charge < -0.3 is 9.47 Å². The van der Waals surface area contributed by atoms with Gasteiger partial charge in [0.1, 0.15) is 27.7 Å². The molecular formula is C46H66Cl3F7N8O4Sn. The molecule has 0 saturated carbocycles. The fourth-order valence-electron chi connectivity index (χ4n) is 6.99. The van der Waals surface area contributed by atoms with Gasteiger partial charge in [0.25, 0.3) is 0 Å². The fourth-order valence-corrected chi connectivity index (χ4v) is 23.8. The summed E-state index contributed by atoms with van der Waals surface area (Å²) in [6.07, 6.45) is 10.3. The zero-order valence-corrected chi connectivity index (χ0v) is 43.9. The largest absolute Gasteiger partial charge is 0.269 e. The van der Waals surface area contributed by atoms with E-state index in [4.69, 9.17) is 76.8 Å². The monoisotopic (exact) mass is 1150 g/mol. The number of hydrogen-bond donors (Lipinski definition) is 0. The average molecular weight is 1150 g/mol. The molecule has 23 heteroatoms. The molecule has 0 unspecified atom stereocenters. The smallest absolute Gasteiger partial charge is 0 e. The molecule has 0 atom stereocenters. The van der Waals surface area contributed by atoms with Crippen LogP contribution in [-0.4, -0.2) is 82.0 Å². The number of para-hydroxylation sites is 2. The van der Waals surface area contributed by atoms with E-state index in [1.807, 2.05) is 31.3 Å². The van der Waals surface area contributed by atoms with Crippen LogP contribution in [0.2, 0.25) is 29.0 Å². The summed E-state index contributed by atoms with van der Waals surface area (Å²) in [6, 6.07) is 16.6. The number of carbonyl (C=O) groups is 2. The SMILES string of the molecule is C.C.CC(C)OC(=O)c1cnc(Cl)nc1-c1nn(C)c2ccccc12.CC(C)OC(=O)c1cnc(Cl)nc1Cl.CCC[CH2][Sn]([CH2]CCC)([CH2]CCC)[c]1nn(C)c2ccccc12.F.FF.FF.FF. The Morgan fingerprint density at radius 1 is 0.609 bits per heavy atom. The van der Waals surface area contributed by atoms with Crippen LogP contribution in [-0.2, 0) is 23.6 Å². The van der Waals surface area contributed by atoms with E-state index in [0.29, 0.717) is 11.4 Å². The van der Waals surface area contributed by atoms with E-state index in [-0.39, 0.29) is 58.6 Å². The molecule has 0 spiro atoms. The first-order valence-electron chi connectivity index (χ1n) is 21.1. The Balaban J connectivity index is -0.000000901. The Morgan fingerprint density at radius 2 is 1.00 bits per heavy atom. The molecule has 0 aliphatic rings. The van der Waals surface area contributed by atoms with Crippen LogP contribution in [0.15, 0.2) is 60.9 Å². The first-order valence-corrected chi connectivity index (χ1v) is 29.7. The molecule has 0 bridgehead atoms. The van der Waals surface area contributed by atoms with Crippen molar-refractivity contribution in [1.29, 1.82) is 0 Å². The number of aryl methyl sites for hydroxylation is 2. The van der Waals surface area contributed by atoms with Crippen LogP contribution in [0.4, 0.5) is 32.1 Å². The summed E-state index contributed by atoms with van der Waals surface area (Å²) in [4.78, 5) is 39.1. The fraction of sp³-hybridized carbons (Fsp3) is 0.478. The van der Waals surface area contributed by atoms with Gasteiger partial charge in [0.15, 0.2) is 0 Å². The Labute approximate surface area is 419 Å². The summed E-state index contributed by atoms with van der Waals surface area (Å²) >= 11 is 14.6. The number of hydrogen-bond acceptors (Lipinski definition) is 10. The van der Waals surface area contributed by atoms with Crippen LogP contribution in [0.3, 0.4) is 0 Å². The molecule has 6 rings (SSSR count). The molecule has 0 fully saturated rings. The molecule has 0 N–H and O–H groups in total. The molecule has 0 radical (unpaired) electrons. The van der Waals surface area contributed by atoms with Crippen molar-refractivity contribution in [2.45, 2.75) is 127 Å². The van der Waals surface area contributed by atoms with Gasteiger partial charge in [-0.05, 0) is 57.0 Å². The zero-order valence-electron chi connectivity index (χ0n) is 38.8. The summed E-state index contributed by atoms with van der Waals surface area (Å²) in [5.41, 5.74) is 3.56. The second-order valence-corrected chi connectivity index (χ2v) is 29.2. The van der Waals surface area contributed by atoms with Gasteiger partial charge in [-0.2, -0.15) is 5.10 Å². The van der Waals surface area contributed by atoms with Gasteiger partial charge in [-0.25, -0.2) is 29.5 Å². The first-order chi connectivity index (χ1) is 31.7. The second kappa shape index (κ2) is 36.6. The van der Waals surface area contributed by atoms with Gasteiger partial charge in [-0.1, -0.05) is 44.7 Å². The maximum atomic E-state index is 12.3. The number of carbonyl (C=O) groups excluding carboxylic acids is 2. The van der Waals surface area contributed by atoms with E-state index in [1.54, 1.807) is 36.1 Å². The summed E-state index contributed by atoms with van der Waals surface area (Å²) in [5.74, 6) is -1.05. The maximum absolute atomic E-state index is 12.3. The predicted molar refractivity (Wildman–Crippen MR) is 268 cm³/mol. The van der Waals surface area contributed by atoms with Crippen LogP contribution in [0.1, 0.15) is 123 Å². The minimum atomic E-state index is -2.42. The topological polar surface area (TPSA) is 140 Å². The van der Waals surface area contributed by atoms with Crippen LogP contribution < -0.4 is 3.71 Å². The Bertz CT molecular complexity index is 2360. The molecular weight excluding hydrogens is 1090 g/mol. The number of ether oxygens (including phenoxy) is 2. The van der Waals surface area contributed by atoms with Crippen molar-refractivity contribution in [2.75, 3.05) is 0 Å². The molecule has 0 saturated heterocycles. The van der Waals surface area contributed by atoms with E-state index in [2.05, 4.69) is 81.8 Å². The maximum Gasteiger partial charge on any atom is 0 e. The van der Waals surface area contributed by atoms with Crippen molar-refractivity contribution in [3.8, 4) is 11.4 Å². The molecule has 4 aromatic heterocycles. The van der Waals surface area contributed by atoms with E-state index in [0.717, 1.165) is 10.9 Å². The number of nitrogens with zero attached hydrogens (tertiary/aromatic N) is 8. The van der Waals surface area contributed by atoms with E-state index < -0.39 is 30.3 Å². The minimum Gasteiger partial charge on any atom is -0.269 e. The van der Waals surface area contributed by atoms with Crippen LogP contribution in [0, 0.1) is 0 Å². The number of halogens is 10. The van der Waals surface area contributed by atoms with Crippen molar-refractivity contribution in [3.05, 3.63) is 87.8 Å². The summed E-state index contributed by atoms with van der Waals surface area (Å²) in [5, 5.41) is 12.0. The summed E-state index contributed by atoms with van der Waals surface area (Å²) in [6.45, 7) is 14.1. The quantitative estimate of drug-likeness (QED) is 0.0321. The molecule has 12 nitrogen and oxygen atoms in total. The van der Waals surface area contributed by atoms with Crippen LogP contribution in [0.25, 0.3) is 33.2 Å². The van der Waals surface area contributed by atoms with E-state index in [1.165, 1.54) is 75.1 Å². The molecule has 4 heterocycles. The molecule has 2 aromatic carbocycles. The Kier molecular flexibility index (Phi) is 36.5. The molecule has 6 aromatic rings. The van der Waals surface area contributed by atoms with Gasteiger partial charge in [0, 0.05) is 52.3 Å². The van der Waals surface area contributed by atoms with Crippen LogP contribution >= 0.6 is 34.8 Å². The third kappa shape index (κ3) is 20.5. The number of esters is 2. The third-order valence-corrected chi connectivity index (χ3v) is 25.7. The zero-order chi connectivity index (χ0) is 50.0. The van der Waals surface area contributed by atoms with E-state index >= 15 is 0 Å². The predicted octanol–water partition coefficient (Wildman–Crippen LogP) is 15.2. The van der Waals surface area contributed by atoms with Crippen molar-refractivity contribution >= 4 is 90.6 Å². The van der Waals surface area contributed by atoms with Crippen molar-refractivity contribution in [3.63, 3.8) is 0 Å². The molecule has 388 valence electrons. The van der Waals surface area contributed by atoms with Gasteiger partial charge in [-0.3, -0.25) is 9.39 Å². The van der Waals surface area contributed by atoms with Gasteiger partial charge in [0.05, 0.1) is 17.7 Å². The van der Waals surface area contributed by atoms with Crippen molar-refractivity contribution < 1.29 is 51.2 Å². The summed E-state index contributed by atoms with van der Waals surface area (Å²) in [7, 11) is 3.96. The van der Waals surface area contributed by atoms with E-state index in [9.17, 15) is 9.59 Å². The molecule has 0 aliphatic carbocycles. The summed E-state index contributed by atoms with van der Waals surface area (Å²) < 4.78 is 68.1. The minimum absolute atomic E-state index is 0. The van der Waals surface area contributed by atoms with Crippen LogP contribution in [0.5, 0.6) is 0 Å². The standard InChI is InChI=1S/C16H15ClN4O2.C8H8Cl2N2O2.C8H7N2.3C4H9.2CH4.3F2.FH.Sn/c1-9(2)23-15(22)11-8-18-16(17)19-13(11)14-10-6-4-5-7-12(10)21(3)20-14;1-4(2)14-7(13)5-3-11-8(10)12-6(5)9;1-10-8-5-3-2-4-7(8)6-9-10;3*1-3-4-2;;;3*1-2;;/h4-9H,1-3H3;3-4H,1-2H3;2-5H,1H3;3*1,3-4H2,2H3;2*1H4;;;;1H;. The van der Waals surface area contributed by atoms with Gasteiger partial charge in [-0.15, -0.1) is 0 Å². The molecule has 69 heavy (non-hydrogen) atoms. The second-order valence-electron chi connectivity index (χ2n) is 15.2. The normalized spacial score (nSPS) is 10.1. The number of benzene rings is 2. The number of unbranched alkanes of at least 4 members (excludes halogenated alkanes) is 3. The Morgan fingerprint density at radius 3 is 1.45 bits per heavy atom. The Hall–Kier alpha value is -4.34. The number of rotatable bonds is 15. The van der Waals surface area contributed by atoms with Crippen molar-refractivity contribution in [2.24, 2.45) is 14.1 Å². The number of fused-ring (bicyclic) bond motifs is 2. The average Bonchev–Trinajstić information content (AvgIpc) is 3.84. The third-order valence-electron chi connectivity index (χ3n) is 9.87.